The molecule has 1 unspecified atom stereocenters. The normalized spacial score (nSPS) is 29.5. The fourth-order valence-electron chi connectivity index (χ4n) is 4.52. The highest BCUT2D eigenvalue weighted by Crippen LogP contribution is 2.40. The van der Waals surface area contributed by atoms with Gasteiger partial charge in [-0.25, -0.2) is 0 Å². The predicted octanol–water partition coefficient (Wildman–Crippen LogP) is 4.29. The molecule has 0 bridgehead atoms. The van der Waals surface area contributed by atoms with E-state index in [1.54, 1.807) is 11.1 Å². The van der Waals surface area contributed by atoms with Crippen LogP contribution >= 0.6 is 11.8 Å². The van der Waals surface area contributed by atoms with Crippen LogP contribution in [0.5, 0.6) is 0 Å². The summed E-state index contributed by atoms with van der Waals surface area (Å²) >= 11 is 2.12. The molecular weight excluding hydrogens is 288 g/mol. The van der Waals surface area contributed by atoms with Crippen molar-refractivity contribution in [1.29, 1.82) is 0 Å². The van der Waals surface area contributed by atoms with E-state index in [1.807, 2.05) is 0 Å². The minimum absolute atomic E-state index is 0.721. The number of hydrogen-bond acceptors (Lipinski definition) is 3. The van der Waals surface area contributed by atoms with E-state index < -0.39 is 0 Å². The third-order valence-electron chi connectivity index (χ3n) is 5.98. The Morgan fingerprint density at radius 2 is 2.09 bits per heavy atom. The number of anilines is 1. The lowest BCUT2D eigenvalue weighted by Crippen LogP contribution is -2.27. The molecule has 3 aliphatic rings. The van der Waals surface area contributed by atoms with E-state index in [-0.39, 0.29) is 0 Å². The van der Waals surface area contributed by atoms with Gasteiger partial charge in [0.05, 0.1) is 0 Å². The lowest BCUT2D eigenvalue weighted by molar-refractivity contribution is 0.285. The van der Waals surface area contributed by atoms with E-state index >= 15 is 0 Å². The zero-order valence-electron chi connectivity index (χ0n) is 13.7. The average Bonchev–Trinajstić information content (AvgIpc) is 3.15. The van der Waals surface area contributed by atoms with Crippen LogP contribution in [0.25, 0.3) is 0 Å². The molecule has 0 aliphatic carbocycles. The van der Waals surface area contributed by atoms with Gasteiger partial charge in [-0.2, -0.15) is 11.8 Å². The Bertz CT molecular complexity index is 524. The van der Waals surface area contributed by atoms with Crippen molar-refractivity contribution >= 4 is 17.4 Å². The minimum atomic E-state index is 0.721. The number of nitrogens with zero attached hydrogens (tertiary/aromatic N) is 1. The smallest absolute Gasteiger partial charge is 0.0376 e. The summed E-state index contributed by atoms with van der Waals surface area (Å²) in [6.07, 6.45) is 6.84. The van der Waals surface area contributed by atoms with Crippen molar-refractivity contribution in [3.63, 3.8) is 0 Å². The summed E-state index contributed by atoms with van der Waals surface area (Å²) in [5.41, 5.74) is 4.61. The lowest BCUT2D eigenvalue weighted by atomic mass is 9.87. The van der Waals surface area contributed by atoms with Crippen molar-refractivity contribution in [2.45, 2.75) is 50.0 Å². The molecule has 3 heteroatoms. The minimum Gasteiger partial charge on any atom is -0.384 e. The van der Waals surface area contributed by atoms with Crippen LogP contribution in [-0.2, 0) is 0 Å². The summed E-state index contributed by atoms with van der Waals surface area (Å²) in [6.45, 7) is 2.43. The summed E-state index contributed by atoms with van der Waals surface area (Å²) in [5.74, 6) is 4.22. The maximum Gasteiger partial charge on any atom is 0.0376 e. The quantitative estimate of drug-likeness (QED) is 0.895. The molecule has 0 radical (unpaired) electrons. The van der Waals surface area contributed by atoms with Crippen molar-refractivity contribution in [1.82, 2.24) is 4.90 Å². The zero-order valence-corrected chi connectivity index (χ0v) is 14.5. The molecule has 22 heavy (non-hydrogen) atoms. The number of thioether (sulfide) groups is 1. The second-order valence-electron chi connectivity index (χ2n) is 7.32. The van der Waals surface area contributed by atoms with E-state index in [2.05, 4.69) is 47.2 Å². The molecule has 2 saturated heterocycles. The molecule has 0 amide bonds. The van der Waals surface area contributed by atoms with Gasteiger partial charge in [0.15, 0.2) is 0 Å². The zero-order chi connectivity index (χ0) is 14.9. The van der Waals surface area contributed by atoms with Gasteiger partial charge in [0.25, 0.3) is 0 Å². The first-order chi connectivity index (χ1) is 10.8. The predicted molar refractivity (Wildman–Crippen MR) is 97.2 cm³/mol. The van der Waals surface area contributed by atoms with Gasteiger partial charge < -0.3 is 10.2 Å². The molecule has 4 rings (SSSR count). The van der Waals surface area contributed by atoms with Crippen LogP contribution in [0.15, 0.2) is 18.2 Å². The number of likely N-dealkylation sites (tertiary alicyclic amines) is 1. The fraction of sp³-hybridized carbons (Fsp3) is 0.684. The standard InChI is InChI=1S/C19H28N2S/c1-21-8-2-3-17(21)11-16-13-20-19-5-4-15(12-18(16)19)14-6-9-22-10-7-14/h4-5,12,14,16-17,20H,2-3,6-11,13H2,1H3/t16?,17-/m1/s1. The van der Waals surface area contributed by atoms with Gasteiger partial charge in [-0.3, -0.25) is 0 Å². The SMILES string of the molecule is CN1CCC[C@@H]1CC1CNc2ccc(C3CCSCC3)cc21. The van der Waals surface area contributed by atoms with Crippen LogP contribution in [0.2, 0.25) is 0 Å². The van der Waals surface area contributed by atoms with Gasteiger partial charge in [0.2, 0.25) is 0 Å². The van der Waals surface area contributed by atoms with Crippen LogP contribution in [0.1, 0.15) is 55.1 Å². The first-order valence-corrected chi connectivity index (χ1v) is 10.1. The van der Waals surface area contributed by atoms with Crippen molar-refractivity contribution in [3.05, 3.63) is 29.3 Å². The van der Waals surface area contributed by atoms with E-state index in [9.17, 15) is 0 Å². The van der Waals surface area contributed by atoms with Gasteiger partial charge in [-0.1, -0.05) is 12.1 Å². The first-order valence-electron chi connectivity index (χ1n) is 8.97. The van der Waals surface area contributed by atoms with Crippen molar-refractivity contribution in [3.8, 4) is 0 Å². The molecule has 1 N–H and O–H groups in total. The molecule has 3 heterocycles. The maximum absolute atomic E-state index is 3.65. The fourth-order valence-corrected chi connectivity index (χ4v) is 5.63. The number of fused-ring (bicyclic) bond motifs is 1. The Morgan fingerprint density at radius 3 is 2.86 bits per heavy atom. The van der Waals surface area contributed by atoms with E-state index in [4.69, 9.17) is 0 Å². The number of benzene rings is 1. The summed E-state index contributed by atoms with van der Waals surface area (Å²) < 4.78 is 0. The molecule has 120 valence electrons. The second-order valence-corrected chi connectivity index (χ2v) is 8.55. The molecule has 0 aromatic heterocycles. The van der Waals surface area contributed by atoms with Gasteiger partial charge in [0, 0.05) is 24.2 Å². The summed E-state index contributed by atoms with van der Waals surface area (Å²) in [5, 5.41) is 3.65. The molecule has 2 fully saturated rings. The van der Waals surface area contributed by atoms with Crippen LogP contribution in [0.3, 0.4) is 0 Å². The van der Waals surface area contributed by atoms with Crippen LogP contribution in [0.4, 0.5) is 5.69 Å². The Hall–Kier alpha value is -0.670. The van der Waals surface area contributed by atoms with E-state index in [0.29, 0.717) is 0 Å². The molecule has 1 aromatic carbocycles. The van der Waals surface area contributed by atoms with Gasteiger partial charge in [-0.15, -0.1) is 0 Å². The van der Waals surface area contributed by atoms with Gasteiger partial charge >= 0.3 is 0 Å². The highest BCUT2D eigenvalue weighted by molar-refractivity contribution is 7.99. The van der Waals surface area contributed by atoms with E-state index in [0.717, 1.165) is 24.4 Å². The van der Waals surface area contributed by atoms with Crippen molar-refractivity contribution in [2.24, 2.45) is 0 Å². The van der Waals surface area contributed by atoms with Crippen molar-refractivity contribution < 1.29 is 0 Å². The lowest BCUT2D eigenvalue weighted by Gasteiger charge is -2.24. The van der Waals surface area contributed by atoms with Gasteiger partial charge in [0.1, 0.15) is 0 Å². The van der Waals surface area contributed by atoms with Crippen LogP contribution in [0, 0.1) is 0 Å². The molecule has 2 nitrogen and oxygen atoms in total. The van der Waals surface area contributed by atoms with Crippen LogP contribution in [-0.4, -0.2) is 42.6 Å². The summed E-state index contributed by atoms with van der Waals surface area (Å²) in [6, 6.07) is 8.09. The highest BCUT2D eigenvalue weighted by atomic mass is 32.2. The summed E-state index contributed by atoms with van der Waals surface area (Å²) in [7, 11) is 2.30. The third-order valence-corrected chi connectivity index (χ3v) is 7.02. The molecule has 3 aliphatic heterocycles. The van der Waals surface area contributed by atoms with Gasteiger partial charge in [-0.05, 0) is 80.3 Å². The maximum atomic E-state index is 3.65. The molecular formula is C19H28N2S. The topological polar surface area (TPSA) is 15.3 Å². The van der Waals surface area contributed by atoms with E-state index in [1.165, 1.54) is 55.8 Å². The molecule has 0 saturated carbocycles. The Kier molecular flexibility index (Phi) is 4.36. The summed E-state index contributed by atoms with van der Waals surface area (Å²) in [4.78, 5) is 2.57. The average molecular weight is 317 g/mol. The first kappa shape index (κ1) is 14.9. The van der Waals surface area contributed by atoms with Crippen LogP contribution < -0.4 is 5.32 Å². The number of rotatable bonds is 3. The monoisotopic (exact) mass is 316 g/mol. The largest absolute Gasteiger partial charge is 0.384 e. The number of nitrogens with one attached hydrogen (secondary N) is 1. The second kappa shape index (κ2) is 6.45. The molecule has 2 atom stereocenters. The van der Waals surface area contributed by atoms with Crippen molar-refractivity contribution in [2.75, 3.05) is 37.0 Å². The molecule has 0 spiro atoms. The Morgan fingerprint density at radius 1 is 1.23 bits per heavy atom. The Balaban J connectivity index is 1.52. The molecule has 1 aromatic rings. The number of hydrogen-bond donors (Lipinski definition) is 1. The third kappa shape index (κ3) is 2.90. The highest BCUT2D eigenvalue weighted by Gasteiger charge is 2.30. The Labute approximate surface area is 139 Å².